The summed E-state index contributed by atoms with van der Waals surface area (Å²) < 4.78 is 0. The second-order valence-electron chi connectivity index (χ2n) is 7.26. The second kappa shape index (κ2) is 13.4. The topological polar surface area (TPSA) is 251 Å². The average Bonchev–Trinajstić information content (AvgIpc) is 2.76. The summed E-state index contributed by atoms with van der Waals surface area (Å²) in [5.41, 5.74) is 10.7. The van der Waals surface area contributed by atoms with E-state index in [9.17, 15) is 39.0 Å². The van der Waals surface area contributed by atoms with E-state index >= 15 is 0 Å². The number of aliphatic carboxylic acids is 2. The van der Waals surface area contributed by atoms with E-state index in [0.29, 0.717) is 5.56 Å². The number of benzene rings is 1. The first-order valence-electron chi connectivity index (χ1n) is 10.0. The van der Waals surface area contributed by atoms with Crippen LogP contribution in [0, 0.1) is 0 Å². The van der Waals surface area contributed by atoms with Gasteiger partial charge in [0.15, 0.2) is 0 Å². The van der Waals surface area contributed by atoms with Crippen molar-refractivity contribution in [2.24, 2.45) is 11.5 Å². The molecule has 1 aromatic rings. The Balaban J connectivity index is 3.02. The number of phenols is 1. The quantitative estimate of drug-likeness (QED) is 0.135. The molecule has 0 spiro atoms. The summed E-state index contributed by atoms with van der Waals surface area (Å²) in [4.78, 5) is 70.8. The number of hydrogen-bond acceptors (Lipinski definition) is 8. The molecule has 0 bridgehead atoms. The first-order valence-corrected chi connectivity index (χ1v) is 10.0. The molecule has 1 rings (SSSR count). The Labute approximate surface area is 193 Å². The van der Waals surface area contributed by atoms with Crippen molar-refractivity contribution in [1.29, 1.82) is 0 Å². The lowest BCUT2D eigenvalue weighted by molar-refractivity contribution is -0.143. The van der Waals surface area contributed by atoms with Crippen molar-refractivity contribution in [2.75, 3.05) is 6.54 Å². The molecule has 10 N–H and O–H groups in total. The Morgan fingerprint density at radius 2 is 1.41 bits per heavy atom. The van der Waals surface area contributed by atoms with Gasteiger partial charge in [0.25, 0.3) is 0 Å². The van der Waals surface area contributed by atoms with E-state index in [2.05, 4.69) is 16.0 Å². The third kappa shape index (κ3) is 9.95. The minimum atomic E-state index is -1.50. The molecule has 0 aromatic heterocycles. The van der Waals surface area contributed by atoms with Gasteiger partial charge in [0, 0.05) is 12.8 Å². The van der Waals surface area contributed by atoms with Crippen LogP contribution < -0.4 is 27.4 Å². The fourth-order valence-corrected chi connectivity index (χ4v) is 2.81. The summed E-state index contributed by atoms with van der Waals surface area (Å²) >= 11 is 0. The number of carbonyl (C=O) groups is 6. The van der Waals surface area contributed by atoms with E-state index in [1.165, 1.54) is 24.3 Å². The SMILES string of the molecule is NCC(=O)NC(CC(N)=O)C(=O)NC(CCC(=O)O)C(=O)NC(Cc1ccc(O)cc1)C(=O)O. The lowest BCUT2D eigenvalue weighted by atomic mass is 10.0. The molecule has 3 atom stereocenters. The smallest absolute Gasteiger partial charge is 0.326 e. The van der Waals surface area contributed by atoms with Crippen LogP contribution in [0.1, 0.15) is 24.8 Å². The van der Waals surface area contributed by atoms with Crippen LogP contribution in [-0.4, -0.2) is 75.6 Å². The van der Waals surface area contributed by atoms with Crippen LogP contribution in [-0.2, 0) is 35.2 Å². The molecule has 0 aliphatic heterocycles. The molecule has 1 aromatic carbocycles. The standard InChI is InChI=1S/C20H27N5O9/c21-9-16(28)23-13(8-15(22)27)19(32)24-12(5-6-17(29)30)18(31)25-14(20(33)34)7-10-1-3-11(26)4-2-10/h1-4,12-14,26H,5-9,21H2,(H2,22,27)(H,23,28)(H,24,32)(H,25,31)(H,29,30)(H,33,34). The van der Waals surface area contributed by atoms with E-state index in [1.54, 1.807) is 0 Å². The number of carboxylic acids is 2. The molecule has 0 saturated carbocycles. The summed E-state index contributed by atoms with van der Waals surface area (Å²) in [7, 11) is 0. The normalized spacial score (nSPS) is 13.1. The minimum Gasteiger partial charge on any atom is -0.508 e. The molecule has 0 radical (unpaired) electrons. The first kappa shape index (κ1) is 27.8. The van der Waals surface area contributed by atoms with Crippen molar-refractivity contribution in [1.82, 2.24) is 16.0 Å². The van der Waals surface area contributed by atoms with Crippen LogP contribution in [0.5, 0.6) is 5.75 Å². The highest BCUT2D eigenvalue weighted by molar-refractivity contribution is 5.95. The van der Waals surface area contributed by atoms with Gasteiger partial charge in [0.2, 0.25) is 23.6 Å². The van der Waals surface area contributed by atoms with Crippen molar-refractivity contribution in [3.8, 4) is 5.75 Å². The molecule has 186 valence electrons. The van der Waals surface area contributed by atoms with E-state index in [-0.39, 0.29) is 12.2 Å². The van der Waals surface area contributed by atoms with Crippen LogP contribution in [0.3, 0.4) is 0 Å². The number of carboxylic acid groups (broad SMARTS) is 2. The molecule has 0 aliphatic rings. The molecule has 34 heavy (non-hydrogen) atoms. The Bertz CT molecular complexity index is 920. The molecule has 14 heteroatoms. The summed E-state index contributed by atoms with van der Waals surface area (Å²) in [5, 5.41) is 34.4. The highest BCUT2D eigenvalue weighted by atomic mass is 16.4. The number of aromatic hydroxyl groups is 1. The van der Waals surface area contributed by atoms with E-state index in [1.807, 2.05) is 0 Å². The van der Waals surface area contributed by atoms with Gasteiger partial charge in [0.1, 0.15) is 23.9 Å². The van der Waals surface area contributed by atoms with E-state index < -0.39 is 79.5 Å². The number of nitrogens with two attached hydrogens (primary N) is 2. The maximum atomic E-state index is 12.8. The average molecular weight is 481 g/mol. The zero-order chi connectivity index (χ0) is 25.8. The van der Waals surface area contributed by atoms with Crippen LogP contribution in [0.25, 0.3) is 0 Å². The summed E-state index contributed by atoms with van der Waals surface area (Å²) in [5.74, 6) is -6.46. The highest BCUT2D eigenvalue weighted by Crippen LogP contribution is 2.12. The fraction of sp³-hybridized carbons (Fsp3) is 0.400. The molecule has 0 fully saturated rings. The van der Waals surface area contributed by atoms with Crippen LogP contribution in [0.2, 0.25) is 0 Å². The van der Waals surface area contributed by atoms with Crippen molar-refractivity contribution in [3.05, 3.63) is 29.8 Å². The number of hydrogen-bond donors (Lipinski definition) is 8. The summed E-state index contributed by atoms with van der Waals surface area (Å²) in [6.07, 6.45) is -1.75. The second-order valence-corrected chi connectivity index (χ2v) is 7.26. The van der Waals surface area contributed by atoms with E-state index in [0.717, 1.165) is 0 Å². The van der Waals surface area contributed by atoms with Crippen LogP contribution in [0.4, 0.5) is 0 Å². The Morgan fingerprint density at radius 3 is 1.91 bits per heavy atom. The van der Waals surface area contributed by atoms with Gasteiger partial charge in [-0.05, 0) is 24.1 Å². The number of amides is 4. The van der Waals surface area contributed by atoms with Crippen molar-refractivity contribution in [2.45, 2.75) is 43.8 Å². The van der Waals surface area contributed by atoms with Crippen LogP contribution >= 0.6 is 0 Å². The van der Waals surface area contributed by atoms with Crippen molar-refractivity contribution < 1.29 is 44.1 Å². The summed E-state index contributed by atoms with van der Waals surface area (Å²) in [6, 6.07) is 1.14. The van der Waals surface area contributed by atoms with Gasteiger partial charge in [-0.15, -0.1) is 0 Å². The minimum absolute atomic E-state index is 0.0386. The van der Waals surface area contributed by atoms with Gasteiger partial charge in [-0.25, -0.2) is 4.79 Å². The number of rotatable bonds is 14. The third-order valence-corrected chi connectivity index (χ3v) is 4.51. The molecule has 4 amide bonds. The predicted molar refractivity (Wildman–Crippen MR) is 115 cm³/mol. The third-order valence-electron chi connectivity index (χ3n) is 4.51. The molecular weight excluding hydrogens is 454 g/mol. The highest BCUT2D eigenvalue weighted by Gasteiger charge is 2.30. The maximum absolute atomic E-state index is 12.8. The van der Waals surface area contributed by atoms with Gasteiger partial charge in [-0.1, -0.05) is 12.1 Å². The van der Waals surface area contributed by atoms with Gasteiger partial charge in [0.05, 0.1) is 13.0 Å². The fourth-order valence-electron chi connectivity index (χ4n) is 2.81. The van der Waals surface area contributed by atoms with Gasteiger partial charge in [-0.3, -0.25) is 24.0 Å². The Kier molecular flexibility index (Phi) is 10.9. The Morgan fingerprint density at radius 1 is 0.853 bits per heavy atom. The molecular formula is C20H27N5O9. The summed E-state index contributed by atoms with van der Waals surface area (Å²) in [6.45, 7) is -0.497. The van der Waals surface area contributed by atoms with Crippen molar-refractivity contribution in [3.63, 3.8) is 0 Å². The maximum Gasteiger partial charge on any atom is 0.326 e. The zero-order valence-corrected chi connectivity index (χ0v) is 18.0. The van der Waals surface area contributed by atoms with Crippen molar-refractivity contribution >= 4 is 35.6 Å². The van der Waals surface area contributed by atoms with Gasteiger partial charge < -0.3 is 42.7 Å². The first-order chi connectivity index (χ1) is 15.9. The van der Waals surface area contributed by atoms with Crippen LogP contribution in [0.15, 0.2) is 24.3 Å². The number of phenolic OH excluding ortho intramolecular Hbond substituents is 1. The molecule has 14 nitrogen and oxygen atoms in total. The lowest BCUT2D eigenvalue weighted by Gasteiger charge is -2.24. The molecule has 0 aliphatic carbocycles. The number of carbonyl (C=O) groups excluding carboxylic acids is 4. The van der Waals surface area contributed by atoms with Gasteiger partial charge >= 0.3 is 11.9 Å². The molecule has 0 saturated heterocycles. The number of primary amides is 1. The Hall–Kier alpha value is -4.20. The number of nitrogens with one attached hydrogen (secondary N) is 3. The van der Waals surface area contributed by atoms with Gasteiger partial charge in [-0.2, -0.15) is 0 Å². The zero-order valence-electron chi connectivity index (χ0n) is 18.0. The largest absolute Gasteiger partial charge is 0.508 e. The molecule has 3 unspecified atom stereocenters. The lowest BCUT2D eigenvalue weighted by Crippen LogP contribution is -2.57. The monoisotopic (exact) mass is 481 g/mol. The predicted octanol–water partition coefficient (Wildman–Crippen LogP) is -2.83. The molecule has 0 heterocycles. The van der Waals surface area contributed by atoms with E-state index in [4.69, 9.17) is 16.6 Å².